The summed E-state index contributed by atoms with van der Waals surface area (Å²) < 4.78 is 13.2. The molecule has 3 heteroatoms. The van der Waals surface area contributed by atoms with Crippen LogP contribution in [-0.4, -0.2) is 7.05 Å². The fourth-order valence-corrected chi connectivity index (χ4v) is 3.19. The summed E-state index contributed by atoms with van der Waals surface area (Å²) >= 11 is 6.19. The lowest BCUT2D eigenvalue weighted by atomic mass is 9.91. The molecule has 1 atom stereocenters. The number of rotatable bonds is 4. The molecule has 112 valence electrons. The molecule has 0 bridgehead atoms. The van der Waals surface area contributed by atoms with Crippen molar-refractivity contribution in [2.24, 2.45) is 0 Å². The van der Waals surface area contributed by atoms with Crippen LogP contribution in [0.4, 0.5) is 4.39 Å². The molecule has 0 spiro atoms. The molecule has 0 aliphatic heterocycles. The molecule has 21 heavy (non-hydrogen) atoms. The molecule has 1 nitrogen and oxygen atoms in total. The SMILES string of the molecule is CNC(Cc1c(C)cc(C)cc1C)c1ccc(F)cc1Cl. The van der Waals surface area contributed by atoms with E-state index in [0.717, 1.165) is 12.0 Å². The van der Waals surface area contributed by atoms with E-state index in [2.05, 4.69) is 38.2 Å². The van der Waals surface area contributed by atoms with Crippen LogP contribution in [0.15, 0.2) is 30.3 Å². The number of halogens is 2. The molecular formula is C18H21ClFN. The molecule has 0 aromatic heterocycles. The number of nitrogens with one attached hydrogen (secondary N) is 1. The summed E-state index contributed by atoms with van der Waals surface area (Å²) in [7, 11) is 1.91. The van der Waals surface area contributed by atoms with Gasteiger partial charge in [-0.05, 0) is 68.6 Å². The molecule has 2 aromatic rings. The molecule has 0 amide bonds. The van der Waals surface area contributed by atoms with Crippen LogP contribution in [0.2, 0.25) is 5.02 Å². The summed E-state index contributed by atoms with van der Waals surface area (Å²) in [6.45, 7) is 6.37. The monoisotopic (exact) mass is 305 g/mol. The van der Waals surface area contributed by atoms with Gasteiger partial charge in [0.2, 0.25) is 0 Å². The minimum absolute atomic E-state index is 0.0678. The van der Waals surface area contributed by atoms with Gasteiger partial charge in [0.15, 0.2) is 0 Å². The van der Waals surface area contributed by atoms with Crippen LogP contribution < -0.4 is 5.32 Å². The molecule has 0 saturated heterocycles. The summed E-state index contributed by atoms with van der Waals surface area (Å²) in [4.78, 5) is 0. The van der Waals surface area contributed by atoms with Gasteiger partial charge in [0, 0.05) is 11.1 Å². The normalized spacial score (nSPS) is 12.5. The zero-order chi connectivity index (χ0) is 15.6. The van der Waals surface area contributed by atoms with Gasteiger partial charge in [0.1, 0.15) is 5.82 Å². The fraction of sp³-hybridized carbons (Fsp3) is 0.333. The second-order valence-corrected chi connectivity index (χ2v) is 6.00. The van der Waals surface area contributed by atoms with Crippen LogP contribution in [0.1, 0.15) is 33.9 Å². The Morgan fingerprint density at radius 2 is 1.71 bits per heavy atom. The number of hydrogen-bond acceptors (Lipinski definition) is 1. The first kappa shape index (κ1) is 16.0. The average molecular weight is 306 g/mol. The molecule has 0 aliphatic carbocycles. The van der Waals surface area contributed by atoms with Crippen molar-refractivity contribution >= 4 is 11.6 Å². The molecule has 0 heterocycles. The quantitative estimate of drug-likeness (QED) is 0.846. The van der Waals surface area contributed by atoms with Crippen molar-refractivity contribution < 1.29 is 4.39 Å². The Morgan fingerprint density at radius 3 is 2.24 bits per heavy atom. The van der Waals surface area contributed by atoms with E-state index in [-0.39, 0.29) is 11.9 Å². The molecule has 2 rings (SSSR count). The van der Waals surface area contributed by atoms with Crippen molar-refractivity contribution in [1.82, 2.24) is 5.32 Å². The fourth-order valence-electron chi connectivity index (χ4n) is 2.89. The van der Waals surface area contributed by atoms with Gasteiger partial charge in [-0.25, -0.2) is 4.39 Å². The summed E-state index contributed by atoms with van der Waals surface area (Å²) in [6, 6.07) is 9.05. The maximum atomic E-state index is 13.2. The first-order valence-electron chi connectivity index (χ1n) is 7.11. The summed E-state index contributed by atoms with van der Waals surface area (Å²) in [5.41, 5.74) is 6.09. The molecule has 0 aliphatic rings. The van der Waals surface area contributed by atoms with Gasteiger partial charge in [-0.1, -0.05) is 35.4 Å². The van der Waals surface area contributed by atoms with Crippen molar-refractivity contribution in [1.29, 1.82) is 0 Å². The topological polar surface area (TPSA) is 12.0 Å². The van der Waals surface area contributed by atoms with Crippen LogP contribution in [0.3, 0.4) is 0 Å². The molecule has 0 saturated carbocycles. The Kier molecular flexibility index (Phi) is 5.02. The minimum Gasteiger partial charge on any atom is -0.313 e. The van der Waals surface area contributed by atoms with Crippen LogP contribution >= 0.6 is 11.6 Å². The standard InChI is InChI=1S/C18H21ClFN/c1-11-7-12(2)16(13(3)8-11)10-18(21-4)15-6-5-14(20)9-17(15)19/h5-9,18,21H,10H2,1-4H3. The van der Waals surface area contributed by atoms with E-state index in [1.807, 2.05) is 7.05 Å². The Balaban J connectivity index is 2.36. The Labute approximate surface area is 131 Å². The molecular weight excluding hydrogens is 285 g/mol. The van der Waals surface area contributed by atoms with Crippen LogP contribution in [0, 0.1) is 26.6 Å². The Hall–Kier alpha value is -1.38. The lowest BCUT2D eigenvalue weighted by Gasteiger charge is -2.21. The smallest absolute Gasteiger partial charge is 0.124 e. The predicted octanol–water partition coefficient (Wildman–Crippen LogP) is 4.91. The first-order valence-corrected chi connectivity index (χ1v) is 7.49. The van der Waals surface area contributed by atoms with Gasteiger partial charge < -0.3 is 5.32 Å². The number of likely N-dealkylation sites (N-methyl/N-ethyl adjacent to an activating group) is 1. The minimum atomic E-state index is -0.304. The van der Waals surface area contributed by atoms with E-state index < -0.39 is 0 Å². The van der Waals surface area contributed by atoms with E-state index in [1.165, 1.54) is 34.4 Å². The van der Waals surface area contributed by atoms with Crippen molar-refractivity contribution in [2.75, 3.05) is 7.05 Å². The van der Waals surface area contributed by atoms with Gasteiger partial charge in [-0.15, -0.1) is 0 Å². The van der Waals surface area contributed by atoms with Crippen molar-refractivity contribution in [2.45, 2.75) is 33.2 Å². The maximum absolute atomic E-state index is 13.2. The molecule has 1 unspecified atom stereocenters. The third-order valence-electron chi connectivity index (χ3n) is 3.93. The van der Waals surface area contributed by atoms with Gasteiger partial charge in [-0.2, -0.15) is 0 Å². The highest BCUT2D eigenvalue weighted by Crippen LogP contribution is 2.28. The average Bonchev–Trinajstić information content (AvgIpc) is 2.39. The summed E-state index contributed by atoms with van der Waals surface area (Å²) in [5.74, 6) is -0.304. The summed E-state index contributed by atoms with van der Waals surface area (Å²) in [5, 5.41) is 3.76. The number of hydrogen-bond donors (Lipinski definition) is 1. The number of aryl methyl sites for hydroxylation is 3. The van der Waals surface area contributed by atoms with Crippen molar-refractivity contribution in [3.8, 4) is 0 Å². The molecule has 0 radical (unpaired) electrons. The zero-order valence-electron chi connectivity index (χ0n) is 12.9. The predicted molar refractivity (Wildman–Crippen MR) is 87.6 cm³/mol. The third-order valence-corrected chi connectivity index (χ3v) is 4.26. The lowest BCUT2D eigenvalue weighted by Crippen LogP contribution is -2.20. The van der Waals surface area contributed by atoms with E-state index in [9.17, 15) is 4.39 Å². The van der Waals surface area contributed by atoms with E-state index in [0.29, 0.717) is 5.02 Å². The van der Waals surface area contributed by atoms with Crippen molar-refractivity contribution in [3.63, 3.8) is 0 Å². The zero-order valence-corrected chi connectivity index (χ0v) is 13.7. The summed E-state index contributed by atoms with van der Waals surface area (Å²) in [6.07, 6.45) is 0.833. The second kappa shape index (κ2) is 6.59. The van der Waals surface area contributed by atoms with Gasteiger partial charge >= 0.3 is 0 Å². The van der Waals surface area contributed by atoms with Gasteiger partial charge in [0.25, 0.3) is 0 Å². The van der Waals surface area contributed by atoms with Gasteiger partial charge in [-0.3, -0.25) is 0 Å². The molecule has 2 aromatic carbocycles. The number of benzene rings is 2. The third kappa shape index (κ3) is 3.63. The largest absolute Gasteiger partial charge is 0.313 e. The molecule has 1 N–H and O–H groups in total. The van der Waals surface area contributed by atoms with E-state index in [4.69, 9.17) is 11.6 Å². The van der Waals surface area contributed by atoms with E-state index in [1.54, 1.807) is 6.07 Å². The van der Waals surface area contributed by atoms with E-state index >= 15 is 0 Å². The highest BCUT2D eigenvalue weighted by Gasteiger charge is 2.16. The first-order chi connectivity index (χ1) is 9.92. The maximum Gasteiger partial charge on any atom is 0.124 e. The second-order valence-electron chi connectivity index (χ2n) is 5.59. The lowest BCUT2D eigenvalue weighted by molar-refractivity contribution is 0.583. The van der Waals surface area contributed by atoms with Crippen LogP contribution in [-0.2, 0) is 6.42 Å². The highest BCUT2D eigenvalue weighted by molar-refractivity contribution is 6.31. The Bertz CT molecular complexity index is 629. The van der Waals surface area contributed by atoms with Gasteiger partial charge in [0.05, 0.1) is 0 Å². The molecule has 0 fully saturated rings. The van der Waals surface area contributed by atoms with Crippen LogP contribution in [0.5, 0.6) is 0 Å². The highest BCUT2D eigenvalue weighted by atomic mass is 35.5. The van der Waals surface area contributed by atoms with Crippen LogP contribution in [0.25, 0.3) is 0 Å². The van der Waals surface area contributed by atoms with Crippen molar-refractivity contribution in [3.05, 3.63) is 69.0 Å². The Morgan fingerprint density at radius 1 is 1.10 bits per heavy atom.